The minimum atomic E-state index is -0.775. The van der Waals surface area contributed by atoms with Crippen LogP contribution in [0.5, 0.6) is 0 Å². The lowest BCUT2D eigenvalue weighted by Gasteiger charge is -2.31. The Bertz CT molecular complexity index is 346. The maximum Gasteiger partial charge on any atom is 0.320 e. The summed E-state index contributed by atoms with van der Waals surface area (Å²) in [5.74, 6) is -1.55. The highest BCUT2D eigenvalue weighted by Gasteiger charge is 2.25. The predicted molar refractivity (Wildman–Crippen MR) is 92.3 cm³/mol. The molecule has 1 rings (SSSR count). The van der Waals surface area contributed by atoms with Gasteiger partial charge in [-0.2, -0.15) is 0 Å². The van der Waals surface area contributed by atoms with Crippen molar-refractivity contribution in [1.29, 1.82) is 0 Å². The van der Waals surface area contributed by atoms with Crippen LogP contribution in [0.15, 0.2) is 0 Å². The molecule has 0 saturated carbocycles. The summed E-state index contributed by atoms with van der Waals surface area (Å²) in [6.45, 7) is 9.25. The van der Waals surface area contributed by atoms with Crippen LogP contribution in [0.3, 0.4) is 0 Å². The van der Waals surface area contributed by atoms with Crippen LogP contribution >= 0.6 is 0 Å². The first-order valence-electron chi connectivity index (χ1n) is 8.86. The molecule has 1 saturated heterocycles. The Labute approximate surface area is 144 Å². The molecular formula is C16H32N4O4. The first-order valence-corrected chi connectivity index (χ1v) is 8.86. The molecule has 4 N–H and O–H groups in total. The molecule has 140 valence electrons. The molecule has 0 aromatic heterocycles. The standard InChI is InChI=1S/C16H32N4O4/c1-3-13(15(21)22)19-9-5-17-7-11-20(12-8-18-6-10-19)14(4-2)16(23)24/h13-14,17-18H,3-12H2,1-2H3,(H,21,22)(H,23,24). The van der Waals surface area contributed by atoms with E-state index < -0.39 is 24.0 Å². The molecule has 1 aliphatic heterocycles. The van der Waals surface area contributed by atoms with Crippen LogP contribution in [0.1, 0.15) is 26.7 Å². The maximum atomic E-state index is 11.4. The number of rotatable bonds is 6. The van der Waals surface area contributed by atoms with Gasteiger partial charge in [-0.3, -0.25) is 19.4 Å². The van der Waals surface area contributed by atoms with E-state index in [0.29, 0.717) is 65.2 Å². The Hall–Kier alpha value is -1.22. The summed E-state index contributed by atoms with van der Waals surface area (Å²) >= 11 is 0. The number of aliphatic carboxylic acids is 2. The number of carbonyl (C=O) groups is 2. The minimum absolute atomic E-state index is 0.454. The van der Waals surface area contributed by atoms with E-state index in [0.717, 1.165) is 0 Å². The monoisotopic (exact) mass is 344 g/mol. The second-order valence-electron chi connectivity index (χ2n) is 6.10. The SMILES string of the molecule is CCC(C(=O)O)N1CCNCCN(C(CC)C(=O)O)CCNCC1. The van der Waals surface area contributed by atoms with E-state index >= 15 is 0 Å². The molecule has 2 atom stereocenters. The van der Waals surface area contributed by atoms with Crippen LogP contribution in [-0.2, 0) is 9.59 Å². The van der Waals surface area contributed by atoms with Crippen LogP contribution < -0.4 is 10.6 Å². The van der Waals surface area contributed by atoms with Crippen LogP contribution in [0, 0.1) is 0 Å². The van der Waals surface area contributed by atoms with Gasteiger partial charge in [-0.05, 0) is 12.8 Å². The van der Waals surface area contributed by atoms with Crippen molar-refractivity contribution in [2.75, 3.05) is 52.4 Å². The highest BCUT2D eigenvalue weighted by Crippen LogP contribution is 2.06. The van der Waals surface area contributed by atoms with Gasteiger partial charge in [0.1, 0.15) is 12.1 Å². The Morgan fingerprint density at radius 2 is 1.08 bits per heavy atom. The molecule has 0 amide bonds. The first-order chi connectivity index (χ1) is 11.5. The average Bonchev–Trinajstić information content (AvgIpc) is 2.51. The van der Waals surface area contributed by atoms with Gasteiger partial charge in [0.05, 0.1) is 0 Å². The van der Waals surface area contributed by atoms with Gasteiger partial charge < -0.3 is 20.8 Å². The van der Waals surface area contributed by atoms with Crippen LogP contribution in [0.25, 0.3) is 0 Å². The summed E-state index contributed by atoms with van der Waals surface area (Å²) in [6, 6.07) is -0.908. The van der Waals surface area contributed by atoms with Gasteiger partial charge in [0.2, 0.25) is 0 Å². The van der Waals surface area contributed by atoms with Crippen molar-refractivity contribution in [3.8, 4) is 0 Å². The van der Waals surface area contributed by atoms with Gasteiger partial charge >= 0.3 is 11.9 Å². The van der Waals surface area contributed by atoms with Crippen molar-refractivity contribution in [2.45, 2.75) is 38.8 Å². The number of nitrogens with zero attached hydrogens (tertiary/aromatic N) is 2. The lowest BCUT2D eigenvalue weighted by atomic mass is 10.2. The van der Waals surface area contributed by atoms with E-state index in [1.165, 1.54) is 0 Å². The molecule has 1 heterocycles. The molecule has 1 aliphatic rings. The second kappa shape index (κ2) is 11.4. The zero-order valence-corrected chi connectivity index (χ0v) is 14.8. The Morgan fingerprint density at radius 3 is 1.29 bits per heavy atom. The molecule has 8 nitrogen and oxygen atoms in total. The lowest BCUT2D eigenvalue weighted by molar-refractivity contribution is -0.144. The number of carboxylic acids is 2. The molecular weight excluding hydrogens is 312 g/mol. The molecule has 0 bridgehead atoms. The number of hydrogen-bond acceptors (Lipinski definition) is 6. The van der Waals surface area contributed by atoms with Gasteiger partial charge in [-0.25, -0.2) is 0 Å². The molecule has 1 fully saturated rings. The normalized spacial score (nSPS) is 22.1. The zero-order valence-electron chi connectivity index (χ0n) is 14.8. The lowest BCUT2D eigenvalue weighted by Crippen LogP contribution is -2.50. The fraction of sp³-hybridized carbons (Fsp3) is 0.875. The third-order valence-corrected chi connectivity index (χ3v) is 4.53. The minimum Gasteiger partial charge on any atom is -0.480 e. The van der Waals surface area contributed by atoms with Crippen molar-refractivity contribution in [2.24, 2.45) is 0 Å². The van der Waals surface area contributed by atoms with E-state index in [1.807, 2.05) is 23.6 Å². The number of carboxylic acid groups (broad SMARTS) is 2. The highest BCUT2D eigenvalue weighted by molar-refractivity contribution is 5.73. The summed E-state index contributed by atoms with van der Waals surface area (Å²) in [5, 5.41) is 25.3. The maximum absolute atomic E-state index is 11.4. The van der Waals surface area contributed by atoms with Gasteiger partial charge in [-0.1, -0.05) is 13.8 Å². The van der Waals surface area contributed by atoms with E-state index in [-0.39, 0.29) is 0 Å². The molecule has 0 aromatic rings. The van der Waals surface area contributed by atoms with Crippen LogP contribution in [0.2, 0.25) is 0 Å². The Morgan fingerprint density at radius 1 is 0.792 bits per heavy atom. The quantitative estimate of drug-likeness (QED) is 0.512. The van der Waals surface area contributed by atoms with Crippen LogP contribution in [-0.4, -0.2) is 96.4 Å². The largest absolute Gasteiger partial charge is 0.480 e. The first kappa shape index (κ1) is 20.8. The fourth-order valence-corrected chi connectivity index (χ4v) is 3.17. The topological polar surface area (TPSA) is 105 Å². The predicted octanol–water partition coefficient (Wildman–Crippen LogP) is -0.490. The third-order valence-electron chi connectivity index (χ3n) is 4.53. The molecule has 2 unspecified atom stereocenters. The summed E-state index contributed by atoms with van der Waals surface area (Å²) in [5.41, 5.74) is 0. The molecule has 0 spiro atoms. The van der Waals surface area contributed by atoms with Gasteiger partial charge in [0.25, 0.3) is 0 Å². The van der Waals surface area contributed by atoms with Crippen molar-refractivity contribution in [3.63, 3.8) is 0 Å². The smallest absolute Gasteiger partial charge is 0.320 e. The summed E-state index contributed by atoms with van der Waals surface area (Å²) in [4.78, 5) is 26.7. The second-order valence-corrected chi connectivity index (χ2v) is 6.10. The molecule has 8 heteroatoms. The number of nitrogens with one attached hydrogen (secondary N) is 2. The molecule has 0 radical (unpaired) electrons. The van der Waals surface area contributed by atoms with E-state index in [4.69, 9.17) is 0 Å². The Balaban J connectivity index is 2.60. The highest BCUT2D eigenvalue weighted by atomic mass is 16.4. The average molecular weight is 344 g/mol. The third kappa shape index (κ3) is 6.72. The van der Waals surface area contributed by atoms with Gasteiger partial charge in [0.15, 0.2) is 0 Å². The van der Waals surface area contributed by atoms with Crippen LogP contribution in [0.4, 0.5) is 0 Å². The fourth-order valence-electron chi connectivity index (χ4n) is 3.17. The van der Waals surface area contributed by atoms with Crippen molar-refractivity contribution >= 4 is 11.9 Å². The molecule has 24 heavy (non-hydrogen) atoms. The van der Waals surface area contributed by atoms with E-state index in [9.17, 15) is 19.8 Å². The van der Waals surface area contributed by atoms with Crippen molar-refractivity contribution in [3.05, 3.63) is 0 Å². The zero-order chi connectivity index (χ0) is 17.9. The van der Waals surface area contributed by atoms with Crippen molar-refractivity contribution < 1.29 is 19.8 Å². The summed E-state index contributed by atoms with van der Waals surface area (Å²) in [7, 11) is 0. The van der Waals surface area contributed by atoms with E-state index in [1.54, 1.807) is 0 Å². The van der Waals surface area contributed by atoms with Crippen molar-refractivity contribution in [1.82, 2.24) is 20.4 Å². The molecule has 0 aromatic carbocycles. The Kier molecular flexibility index (Phi) is 9.85. The summed E-state index contributed by atoms with van der Waals surface area (Å²) < 4.78 is 0. The van der Waals surface area contributed by atoms with E-state index in [2.05, 4.69) is 10.6 Å². The van der Waals surface area contributed by atoms with Gasteiger partial charge in [-0.15, -0.1) is 0 Å². The van der Waals surface area contributed by atoms with Gasteiger partial charge in [0, 0.05) is 52.4 Å². The summed E-state index contributed by atoms with van der Waals surface area (Å²) in [6.07, 6.45) is 1.17. The number of hydrogen-bond donors (Lipinski definition) is 4. The molecule has 0 aliphatic carbocycles.